The first-order chi connectivity index (χ1) is 10.1. The van der Waals surface area contributed by atoms with Crippen LogP contribution in [0.25, 0.3) is 5.57 Å². The molecule has 114 valence electrons. The lowest BCUT2D eigenvalue weighted by molar-refractivity contribution is -0.0402. The van der Waals surface area contributed by atoms with Gasteiger partial charge in [-0.15, -0.1) is 0 Å². The fourth-order valence-corrected chi connectivity index (χ4v) is 2.24. The molecule has 5 heteroatoms. The first-order valence-corrected chi connectivity index (χ1v) is 6.99. The Balaban J connectivity index is 2.25. The van der Waals surface area contributed by atoms with Gasteiger partial charge >= 0.3 is 0 Å². The molecule has 1 aromatic carbocycles. The molecule has 1 aliphatic heterocycles. The summed E-state index contributed by atoms with van der Waals surface area (Å²) in [5.74, 6) is 3.23. The molecule has 21 heavy (non-hydrogen) atoms. The number of ether oxygens (including phenoxy) is 3. The van der Waals surface area contributed by atoms with Gasteiger partial charge in [0.05, 0.1) is 19.3 Å². The predicted molar refractivity (Wildman–Crippen MR) is 80.3 cm³/mol. The maximum absolute atomic E-state index is 11.2. The van der Waals surface area contributed by atoms with E-state index in [4.69, 9.17) is 14.2 Å². The summed E-state index contributed by atoms with van der Waals surface area (Å²) < 4.78 is 16.6. The van der Waals surface area contributed by atoms with Gasteiger partial charge in [0, 0.05) is 13.0 Å². The molecule has 0 aromatic heterocycles. The summed E-state index contributed by atoms with van der Waals surface area (Å²) in [7, 11) is 5.41. The molecule has 1 heterocycles. The topological polar surface area (TPSA) is 48.0 Å². The van der Waals surface area contributed by atoms with Crippen LogP contribution in [0.3, 0.4) is 0 Å². The van der Waals surface area contributed by atoms with Crippen molar-refractivity contribution in [3.8, 4) is 11.5 Å². The van der Waals surface area contributed by atoms with Crippen LogP contribution >= 0.6 is 0 Å². The van der Waals surface area contributed by atoms with Crippen LogP contribution in [0.5, 0.6) is 11.5 Å². The van der Waals surface area contributed by atoms with Gasteiger partial charge in [-0.25, -0.2) is 4.79 Å². The van der Waals surface area contributed by atoms with Crippen LogP contribution in [0, 0.1) is 0 Å². The van der Waals surface area contributed by atoms with Crippen LogP contribution in [0.2, 0.25) is 0 Å². The molecule has 1 aromatic rings. The minimum atomic E-state index is -0.244. The molecule has 1 fully saturated rings. The maximum Gasteiger partial charge on any atom is 0.200 e. The van der Waals surface area contributed by atoms with E-state index in [1.54, 1.807) is 13.2 Å². The first kappa shape index (κ1) is 15.6. The highest BCUT2D eigenvalue weighted by atomic mass is 16.7. The van der Waals surface area contributed by atoms with Crippen LogP contribution in [-0.2, 0) is 9.53 Å². The van der Waals surface area contributed by atoms with E-state index in [9.17, 15) is 4.79 Å². The highest BCUT2D eigenvalue weighted by Gasteiger charge is 2.19. The lowest BCUT2D eigenvalue weighted by Crippen LogP contribution is -2.16. The SMILES string of the molecule is COc1ccc(C(=C=O)CN(C)C)cc1OC1CCCO1. The summed E-state index contributed by atoms with van der Waals surface area (Å²) in [4.78, 5) is 13.1. The smallest absolute Gasteiger partial charge is 0.200 e. The Labute approximate surface area is 125 Å². The van der Waals surface area contributed by atoms with Gasteiger partial charge in [-0.2, -0.15) is 0 Å². The summed E-state index contributed by atoms with van der Waals surface area (Å²) in [6.45, 7) is 1.24. The number of methoxy groups -OCH3 is 1. The molecule has 0 spiro atoms. The molecule has 1 saturated heterocycles. The highest BCUT2D eigenvalue weighted by Crippen LogP contribution is 2.32. The summed E-state index contributed by atoms with van der Waals surface area (Å²) in [5, 5.41) is 0. The number of benzene rings is 1. The average Bonchev–Trinajstić information content (AvgIpc) is 2.97. The minimum absolute atomic E-state index is 0.244. The van der Waals surface area contributed by atoms with Crippen molar-refractivity contribution >= 4 is 11.5 Å². The molecule has 0 aliphatic carbocycles. The van der Waals surface area contributed by atoms with Gasteiger partial charge in [-0.05, 0) is 44.3 Å². The van der Waals surface area contributed by atoms with Gasteiger partial charge in [0.2, 0.25) is 0 Å². The Kier molecular flexibility index (Phi) is 5.39. The Morgan fingerprint density at radius 1 is 1.43 bits per heavy atom. The largest absolute Gasteiger partial charge is 0.493 e. The van der Waals surface area contributed by atoms with Crippen LogP contribution in [0.4, 0.5) is 0 Å². The van der Waals surface area contributed by atoms with E-state index in [1.165, 1.54) is 0 Å². The molecular weight excluding hydrogens is 270 g/mol. The fourth-order valence-electron chi connectivity index (χ4n) is 2.24. The van der Waals surface area contributed by atoms with Crippen molar-refractivity contribution in [2.75, 3.05) is 34.4 Å². The van der Waals surface area contributed by atoms with E-state index in [-0.39, 0.29) is 6.29 Å². The zero-order valence-electron chi connectivity index (χ0n) is 12.7. The van der Waals surface area contributed by atoms with Gasteiger partial charge in [0.15, 0.2) is 17.8 Å². The standard InChI is InChI=1S/C16H21NO4/c1-17(2)10-13(11-18)12-6-7-14(19-3)15(9-12)21-16-5-4-8-20-16/h6-7,9,16H,4-5,8,10H2,1-3H3. The van der Waals surface area contributed by atoms with Crippen molar-refractivity contribution in [1.29, 1.82) is 0 Å². The Bertz CT molecular complexity index is 529. The van der Waals surface area contributed by atoms with E-state index in [1.807, 2.05) is 37.1 Å². The third-order valence-corrected chi connectivity index (χ3v) is 3.26. The van der Waals surface area contributed by atoms with Crippen LogP contribution in [0.1, 0.15) is 18.4 Å². The summed E-state index contributed by atoms with van der Waals surface area (Å²) in [5.41, 5.74) is 1.37. The van der Waals surface area contributed by atoms with Crippen molar-refractivity contribution in [3.05, 3.63) is 23.8 Å². The third-order valence-electron chi connectivity index (χ3n) is 3.26. The molecule has 1 aliphatic rings. The lowest BCUT2D eigenvalue weighted by Gasteiger charge is -2.17. The predicted octanol–water partition coefficient (Wildman–Crippen LogP) is 1.99. The maximum atomic E-state index is 11.2. The lowest BCUT2D eigenvalue weighted by atomic mass is 10.1. The second-order valence-electron chi connectivity index (χ2n) is 5.24. The van der Waals surface area contributed by atoms with Crippen LogP contribution < -0.4 is 9.47 Å². The van der Waals surface area contributed by atoms with Crippen molar-refractivity contribution in [1.82, 2.24) is 4.90 Å². The summed E-state index contributed by atoms with van der Waals surface area (Å²) in [6.07, 6.45) is 1.61. The summed E-state index contributed by atoms with van der Waals surface area (Å²) >= 11 is 0. The molecule has 0 bridgehead atoms. The first-order valence-electron chi connectivity index (χ1n) is 6.99. The van der Waals surface area contributed by atoms with Crippen molar-refractivity contribution in [2.45, 2.75) is 19.1 Å². The molecular formula is C16H21NO4. The number of likely N-dealkylation sites (N-methyl/N-ethyl adjacent to an activating group) is 1. The normalized spacial score (nSPS) is 17.6. The number of hydrogen-bond donors (Lipinski definition) is 0. The zero-order chi connectivity index (χ0) is 15.2. The highest BCUT2D eigenvalue weighted by molar-refractivity contribution is 5.89. The molecule has 0 saturated carbocycles. The molecule has 2 rings (SSSR count). The number of hydrogen-bond acceptors (Lipinski definition) is 5. The van der Waals surface area contributed by atoms with E-state index in [2.05, 4.69) is 0 Å². The minimum Gasteiger partial charge on any atom is -0.493 e. The molecule has 0 N–H and O–H groups in total. The second-order valence-corrected chi connectivity index (χ2v) is 5.24. The molecule has 1 atom stereocenters. The second kappa shape index (κ2) is 7.27. The molecule has 5 nitrogen and oxygen atoms in total. The van der Waals surface area contributed by atoms with Gasteiger partial charge in [0.25, 0.3) is 0 Å². The molecule has 1 unspecified atom stereocenters. The number of rotatable bonds is 6. The van der Waals surface area contributed by atoms with Crippen molar-refractivity contribution < 1.29 is 19.0 Å². The third kappa shape index (κ3) is 4.08. The van der Waals surface area contributed by atoms with Gasteiger partial charge in [-0.1, -0.05) is 0 Å². The van der Waals surface area contributed by atoms with Crippen molar-refractivity contribution in [3.63, 3.8) is 0 Å². The quantitative estimate of drug-likeness (QED) is 0.750. The number of nitrogens with zero attached hydrogens (tertiary/aromatic N) is 1. The fraction of sp³-hybridized carbons (Fsp3) is 0.500. The van der Waals surface area contributed by atoms with E-state index >= 15 is 0 Å². The van der Waals surface area contributed by atoms with Crippen LogP contribution in [-0.4, -0.2) is 51.5 Å². The van der Waals surface area contributed by atoms with Gasteiger partial charge < -0.3 is 19.1 Å². The van der Waals surface area contributed by atoms with E-state index in [0.29, 0.717) is 30.2 Å². The monoisotopic (exact) mass is 291 g/mol. The average molecular weight is 291 g/mol. The molecule has 0 amide bonds. The number of carbonyl (C=O) groups excluding carboxylic acids is 1. The van der Waals surface area contributed by atoms with E-state index in [0.717, 1.165) is 18.4 Å². The van der Waals surface area contributed by atoms with Crippen LogP contribution in [0.15, 0.2) is 18.2 Å². The molecule has 0 radical (unpaired) electrons. The van der Waals surface area contributed by atoms with Gasteiger partial charge in [-0.3, -0.25) is 0 Å². The Morgan fingerprint density at radius 2 is 2.24 bits per heavy atom. The van der Waals surface area contributed by atoms with E-state index < -0.39 is 0 Å². The van der Waals surface area contributed by atoms with Crippen molar-refractivity contribution in [2.24, 2.45) is 0 Å². The Morgan fingerprint density at radius 3 is 2.81 bits per heavy atom. The van der Waals surface area contributed by atoms with Gasteiger partial charge in [0.1, 0.15) is 5.94 Å². The Hall–Kier alpha value is -1.81. The zero-order valence-corrected chi connectivity index (χ0v) is 12.7. The summed E-state index contributed by atoms with van der Waals surface area (Å²) in [6, 6.07) is 5.45.